The lowest BCUT2D eigenvalue weighted by atomic mass is 9.77. The molecule has 0 radical (unpaired) electrons. The van der Waals surface area contributed by atoms with Crippen molar-refractivity contribution < 1.29 is 5.11 Å². The summed E-state index contributed by atoms with van der Waals surface area (Å²) in [7, 11) is 0. The third kappa shape index (κ3) is 2.95. The second-order valence-electron chi connectivity index (χ2n) is 6.88. The maximum atomic E-state index is 10.4. The van der Waals surface area contributed by atoms with E-state index in [4.69, 9.17) is 0 Å². The van der Waals surface area contributed by atoms with E-state index in [2.05, 4.69) is 45.9 Å². The summed E-state index contributed by atoms with van der Waals surface area (Å²) in [5.74, 6) is 0.311. The van der Waals surface area contributed by atoms with Gasteiger partial charge in [0.05, 0.1) is 6.10 Å². The Bertz CT molecular complexity index is 414. The maximum absolute atomic E-state index is 10.4. The maximum Gasteiger partial charge on any atom is 0.0611 e. The lowest BCUT2D eigenvalue weighted by Crippen LogP contribution is -2.31. The summed E-state index contributed by atoms with van der Waals surface area (Å²) in [4.78, 5) is 0. The summed E-state index contributed by atoms with van der Waals surface area (Å²) in [6, 6.07) is 6.76. The van der Waals surface area contributed by atoms with Crippen LogP contribution in [0, 0.1) is 11.3 Å². The lowest BCUT2D eigenvalue weighted by molar-refractivity contribution is 0.0546. The Hall–Kier alpha value is -0.820. The molecule has 1 aromatic rings. The van der Waals surface area contributed by atoms with E-state index >= 15 is 0 Å². The van der Waals surface area contributed by atoms with Gasteiger partial charge in [-0.3, -0.25) is 0 Å². The molecular formula is C17H26O. The molecule has 1 N–H and O–H groups in total. The van der Waals surface area contributed by atoms with Gasteiger partial charge in [-0.15, -0.1) is 0 Å². The fraction of sp³-hybridized carbons (Fsp3) is 0.647. The van der Waals surface area contributed by atoms with E-state index in [1.165, 1.54) is 36.0 Å². The molecule has 18 heavy (non-hydrogen) atoms. The Kier molecular flexibility index (Phi) is 3.82. The van der Waals surface area contributed by atoms with Crippen molar-refractivity contribution >= 4 is 0 Å². The molecule has 0 aromatic heterocycles. The number of aliphatic hydroxyl groups excluding tert-OH is 1. The van der Waals surface area contributed by atoms with E-state index in [0.717, 1.165) is 6.42 Å². The highest BCUT2D eigenvalue weighted by atomic mass is 16.3. The van der Waals surface area contributed by atoms with Crippen LogP contribution < -0.4 is 0 Å². The van der Waals surface area contributed by atoms with Gasteiger partial charge in [0.1, 0.15) is 0 Å². The van der Waals surface area contributed by atoms with Gasteiger partial charge in [0.15, 0.2) is 0 Å². The van der Waals surface area contributed by atoms with Gasteiger partial charge < -0.3 is 5.11 Å². The van der Waals surface area contributed by atoms with Crippen molar-refractivity contribution in [2.45, 2.75) is 59.5 Å². The molecule has 1 aliphatic carbocycles. The van der Waals surface area contributed by atoms with Crippen LogP contribution in [0.15, 0.2) is 18.2 Å². The van der Waals surface area contributed by atoms with Gasteiger partial charge in [0.2, 0.25) is 0 Å². The average molecular weight is 246 g/mol. The molecular weight excluding hydrogens is 220 g/mol. The molecule has 0 fully saturated rings. The molecule has 2 rings (SSSR count). The molecule has 0 aliphatic heterocycles. The Balaban J connectivity index is 2.05. The van der Waals surface area contributed by atoms with Crippen LogP contribution >= 0.6 is 0 Å². The minimum absolute atomic E-state index is 0.163. The standard InChI is InChI=1S/C17H26O/c1-12(17(2,3)4)16(18)11-13-8-9-14-6-5-7-15(14)10-13/h8-10,12,16,18H,5-7,11H2,1-4H3. The van der Waals surface area contributed by atoms with Gasteiger partial charge in [-0.25, -0.2) is 0 Å². The number of aryl methyl sites for hydroxylation is 2. The minimum Gasteiger partial charge on any atom is -0.392 e. The first-order valence-electron chi connectivity index (χ1n) is 7.16. The number of rotatable bonds is 3. The molecule has 1 aliphatic rings. The van der Waals surface area contributed by atoms with Crippen LogP contribution in [-0.2, 0) is 19.3 Å². The van der Waals surface area contributed by atoms with Crippen LogP contribution in [0.3, 0.4) is 0 Å². The molecule has 1 heteroatoms. The Morgan fingerprint density at radius 2 is 1.83 bits per heavy atom. The van der Waals surface area contributed by atoms with E-state index in [0.29, 0.717) is 5.92 Å². The van der Waals surface area contributed by atoms with Crippen LogP contribution in [0.2, 0.25) is 0 Å². The van der Waals surface area contributed by atoms with Crippen molar-refractivity contribution in [2.24, 2.45) is 11.3 Å². The minimum atomic E-state index is -0.246. The van der Waals surface area contributed by atoms with E-state index in [1.807, 2.05) is 0 Å². The van der Waals surface area contributed by atoms with Crippen molar-refractivity contribution in [1.29, 1.82) is 0 Å². The van der Waals surface area contributed by atoms with Gasteiger partial charge in [0, 0.05) is 0 Å². The summed E-state index contributed by atoms with van der Waals surface area (Å²) in [5.41, 5.74) is 4.47. The van der Waals surface area contributed by atoms with E-state index in [1.54, 1.807) is 0 Å². The Morgan fingerprint density at radius 3 is 2.50 bits per heavy atom. The van der Waals surface area contributed by atoms with Gasteiger partial charge >= 0.3 is 0 Å². The van der Waals surface area contributed by atoms with Crippen LogP contribution in [0.1, 0.15) is 50.8 Å². The number of hydrogen-bond acceptors (Lipinski definition) is 1. The van der Waals surface area contributed by atoms with E-state index in [9.17, 15) is 5.11 Å². The topological polar surface area (TPSA) is 20.2 Å². The molecule has 0 saturated heterocycles. The van der Waals surface area contributed by atoms with Crippen molar-refractivity contribution in [1.82, 2.24) is 0 Å². The predicted molar refractivity (Wildman–Crippen MR) is 76.8 cm³/mol. The van der Waals surface area contributed by atoms with Crippen molar-refractivity contribution in [3.8, 4) is 0 Å². The number of aliphatic hydroxyl groups is 1. The number of fused-ring (bicyclic) bond motifs is 1. The average Bonchev–Trinajstić information content (AvgIpc) is 2.73. The van der Waals surface area contributed by atoms with Crippen molar-refractivity contribution in [3.05, 3.63) is 34.9 Å². The van der Waals surface area contributed by atoms with Gasteiger partial charge in [-0.2, -0.15) is 0 Å². The van der Waals surface area contributed by atoms with E-state index in [-0.39, 0.29) is 11.5 Å². The fourth-order valence-electron chi connectivity index (χ4n) is 2.75. The second-order valence-corrected chi connectivity index (χ2v) is 6.88. The van der Waals surface area contributed by atoms with Gasteiger partial charge in [-0.1, -0.05) is 45.9 Å². The van der Waals surface area contributed by atoms with Gasteiger partial charge in [0.25, 0.3) is 0 Å². The molecule has 0 saturated carbocycles. The molecule has 0 bridgehead atoms. The van der Waals surface area contributed by atoms with Crippen LogP contribution in [0.25, 0.3) is 0 Å². The monoisotopic (exact) mass is 246 g/mol. The molecule has 1 aromatic carbocycles. The summed E-state index contributed by atoms with van der Waals surface area (Å²) in [5, 5.41) is 10.4. The normalized spacial score (nSPS) is 18.5. The quantitative estimate of drug-likeness (QED) is 0.861. The molecule has 0 amide bonds. The molecule has 100 valence electrons. The smallest absolute Gasteiger partial charge is 0.0611 e. The SMILES string of the molecule is CC(C(O)Cc1ccc2c(c1)CCC2)C(C)(C)C. The van der Waals surface area contributed by atoms with Gasteiger partial charge in [-0.05, 0) is 53.7 Å². The second kappa shape index (κ2) is 5.05. The van der Waals surface area contributed by atoms with Crippen molar-refractivity contribution in [2.75, 3.05) is 0 Å². The highest BCUT2D eigenvalue weighted by Crippen LogP contribution is 2.30. The Labute approximate surface area is 111 Å². The van der Waals surface area contributed by atoms with Crippen LogP contribution in [0.4, 0.5) is 0 Å². The van der Waals surface area contributed by atoms with E-state index < -0.39 is 0 Å². The molecule has 2 atom stereocenters. The molecule has 0 heterocycles. The molecule has 1 nitrogen and oxygen atoms in total. The summed E-state index contributed by atoms with van der Waals surface area (Å²) < 4.78 is 0. The first-order chi connectivity index (χ1) is 8.38. The Morgan fingerprint density at radius 1 is 1.17 bits per heavy atom. The summed E-state index contributed by atoms with van der Waals surface area (Å²) in [6.07, 6.45) is 4.28. The summed E-state index contributed by atoms with van der Waals surface area (Å²) >= 11 is 0. The lowest BCUT2D eigenvalue weighted by Gasteiger charge is -2.31. The number of benzene rings is 1. The third-order valence-electron chi connectivity index (χ3n) is 4.55. The zero-order chi connectivity index (χ0) is 13.3. The number of hydrogen-bond donors (Lipinski definition) is 1. The predicted octanol–water partition coefficient (Wildman–Crippen LogP) is 3.76. The highest BCUT2D eigenvalue weighted by Gasteiger charge is 2.27. The zero-order valence-electron chi connectivity index (χ0n) is 12.2. The molecule has 0 spiro atoms. The first-order valence-corrected chi connectivity index (χ1v) is 7.16. The summed E-state index contributed by atoms with van der Waals surface area (Å²) in [6.45, 7) is 8.74. The highest BCUT2D eigenvalue weighted by molar-refractivity contribution is 5.35. The third-order valence-corrected chi connectivity index (χ3v) is 4.55. The van der Waals surface area contributed by atoms with Crippen LogP contribution in [-0.4, -0.2) is 11.2 Å². The molecule has 2 unspecified atom stereocenters. The largest absolute Gasteiger partial charge is 0.392 e. The zero-order valence-corrected chi connectivity index (χ0v) is 12.2. The van der Waals surface area contributed by atoms with Crippen molar-refractivity contribution in [3.63, 3.8) is 0 Å². The first kappa shape index (κ1) is 13.6. The van der Waals surface area contributed by atoms with Crippen LogP contribution in [0.5, 0.6) is 0 Å². The fourth-order valence-corrected chi connectivity index (χ4v) is 2.75.